The minimum atomic E-state index is -0.297. The summed E-state index contributed by atoms with van der Waals surface area (Å²) >= 11 is 0. The van der Waals surface area contributed by atoms with Crippen molar-refractivity contribution in [3.63, 3.8) is 0 Å². The quantitative estimate of drug-likeness (QED) is 0.765. The van der Waals surface area contributed by atoms with Gasteiger partial charge in [-0.15, -0.1) is 12.4 Å². The summed E-state index contributed by atoms with van der Waals surface area (Å²) < 4.78 is 24.2. The number of halogens is 2. The zero-order chi connectivity index (χ0) is 18.4. The Labute approximate surface area is 164 Å². The van der Waals surface area contributed by atoms with Gasteiger partial charge in [-0.05, 0) is 35.9 Å². The lowest BCUT2D eigenvalue weighted by Gasteiger charge is -2.36. The molecule has 1 aliphatic rings. The molecule has 0 radical (unpaired) electrons. The number of rotatable bonds is 6. The van der Waals surface area contributed by atoms with Crippen molar-refractivity contribution in [2.24, 2.45) is 0 Å². The molecule has 0 bridgehead atoms. The van der Waals surface area contributed by atoms with Crippen LogP contribution in [0.5, 0.6) is 5.75 Å². The average Bonchev–Trinajstić information content (AvgIpc) is 2.68. The Kier molecular flexibility index (Phi) is 8.03. The van der Waals surface area contributed by atoms with Crippen molar-refractivity contribution in [2.45, 2.75) is 6.04 Å². The van der Waals surface area contributed by atoms with Crippen LogP contribution in [0.25, 0.3) is 0 Å². The summed E-state index contributed by atoms with van der Waals surface area (Å²) in [5.74, 6) is 0.248. The molecule has 1 N–H and O–H groups in total. The van der Waals surface area contributed by atoms with Gasteiger partial charge in [-0.1, -0.05) is 18.2 Å². The maximum atomic E-state index is 13.6. The molecule has 1 unspecified atom stereocenters. The fourth-order valence-corrected chi connectivity index (χ4v) is 3.09. The average molecular weight is 395 g/mol. The first-order valence-corrected chi connectivity index (χ1v) is 8.68. The number of carbonyl (C=O) groups is 1. The molecule has 1 aliphatic heterocycles. The van der Waals surface area contributed by atoms with E-state index in [4.69, 9.17) is 9.47 Å². The number of piperazine rings is 1. The van der Waals surface area contributed by atoms with Crippen molar-refractivity contribution in [3.8, 4) is 5.75 Å². The van der Waals surface area contributed by atoms with Gasteiger partial charge in [0.25, 0.3) is 5.91 Å². The van der Waals surface area contributed by atoms with Crippen molar-refractivity contribution in [1.82, 2.24) is 10.2 Å². The molecule has 1 fully saturated rings. The summed E-state index contributed by atoms with van der Waals surface area (Å²) in [6.45, 7) is 2.78. The summed E-state index contributed by atoms with van der Waals surface area (Å²) in [5, 5.41) is 3.28. The summed E-state index contributed by atoms with van der Waals surface area (Å²) in [6, 6.07) is 13.3. The number of hydrogen-bond acceptors (Lipinski definition) is 4. The van der Waals surface area contributed by atoms with E-state index in [1.165, 1.54) is 12.1 Å². The van der Waals surface area contributed by atoms with Crippen molar-refractivity contribution >= 4 is 18.3 Å². The smallest absolute Gasteiger partial charge is 0.254 e. The number of nitrogens with zero attached hydrogens (tertiary/aromatic N) is 1. The van der Waals surface area contributed by atoms with Gasteiger partial charge in [-0.3, -0.25) is 4.79 Å². The number of amides is 1. The summed E-state index contributed by atoms with van der Waals surface area (Å²) in [4.78, 5) is 14.9. The second-order valence-corrected chi connectivity index (χ2v) is 6.14. The molecule has 7 heteroatoms. The first kappa shape index (κ1) is 21.2. The molecule has 2 aromatic carbocycles. The molecule has 27 heavy (non-hydrogen) atoms. The van der Waals surface area contributed by atoms with Crippen LogP contribution in [-0.2, 0) is 4.74 Å². The van der Waals surface area contributed by atoms with E-state index in [0.29, 0.717) is 44.2 Å². The Morgan fingerprint density at radius 2 is 2.04 bits per heavy atom. The van der Waals surface area contributed by atoms with E-state index >= 15 is 0 Å². The van der Waals surface area contributed by atoms with Gasteiger partial charge in [0, 0.05) is 32.3 Å². The lowest BCUT2D eigenvalue weighted by molar-refractivity contribution is 0.0633. The molecule has 3 rings (SSSR count). The number of benzene rings is 2. The zero-order valence-electron chi connectivity index (χ0n) is 15.2. The zero-order valence-corrected chi connectivity index (χ0v) is 16.0. The minimum Gasteiger partial charge on any atom is -0.491 e. The van der Waals surface area contributed by atoms with Gasteiger partial charge in [0.15, 0.2) is 0 Å². The van der Waals surface area contributed by atoms with Crippen LogP contribution < -0.4 is 10.1 Å². The highest BCUT2D eigenvalue weighted by molar-refractivity contribution is 5.95. The Balaban J connectivity index is 0.00000261. The number of methoxy groups -OCH3 is 1. The van der Waals surface area contributed by atoms with E-state index < -0.39 is 0 Å². The molecule has 0 aromatic heterocycles. The van der Waals surface area contributed by atoms with Crippen molar-refractivity contribution < 1.29 is 18.7 Å². The number of ether oxygens (including phenoxy) is 2. The highest BCUT2D eigenvalue weighted by Gasteiger charge is 2.29. The number of nitrogens with one attached hydrogen (secondary N) is 1. The molecule has 0 saturated carbocycles. The van der Waals surface area contributed by atoms with E-state index in [1.807, 2.05) is 12.1 Å². The molecule has 1 heterocycles. The van der Waals surface area contributed by atoms with Crippen LogP contribution in [0.4, 0.5) is 4.39 Å². The number of carbonyl (C=O) groups excluding carboxylic acids is 1. The highest BCUT2D eigenvalue weighted by Crippen LogP contribution is 2.25. The lowest BCUT2D eigenvalue weighted by Crippen LogP contribution is -2.48. The standard InChI is InChI=1S/C20H23FN2O3.ClH/c1-25-10-11-26-18-7-3-5-16(13-18)20(24)23-9-8-22-14-19(23)15-4-2-6-17(21)12-15;/h2-7,12-13,19,22H,8-11,14H2,1H3;1H. The van der Waals surface area contributed by atoms with Crippen LogP contribution in [0, 0.1) is 5.82 Å². The van der Waals surface area contributed by atoms with E-state index in [2.05, 4.69) is 5.32 Å². The van der Waals surface area contributed by atoms with Crippen molar-refractivity contribution in [2.75, 3.05) is 40.0 Å². The molecule has 1 saturated heterocycles. The second-order valence-electron chi connectivity index (χ2n) is 6.14. The van der Waals surface area contributed by atoms with Crippen LogP contribution >= 0.6 is 12.4 Å². The van der Waals surface area contributed by atoms with Gasteiger partial charge >= 0.3 is 0 Å². The minimum absolute atomic E-state index is 0. The predicted molar refractivity (Wildman–Crippen MR) is 104 cm³/mol. The van der Waals surface area contributed by atoms with Gasteiger partial charge in [0.05, 0.1) is 12.6 Å². The second kappa shape index (κ2) is 10.3. The van der Waals surface area contributed by atoms with E-state index in [-0.39, 0.29) is 30.2 Å². The Bertz CT molecular complexity index is 760. The van der Waals surface area contributed by atoms with E-state index in [1.54, 1.807) is 36.3 Å². The summed E-state index contributed by atoms with van der Waals surface area (Å²) in [5.41, 5.74) is 1.35. The molecule has 1 atom stereocenters. The van der Waals surface area contributed by atoms with Gasteiger partial charge in [-0.2, -0.15) is 0 Å². The Morgan fingerprint density at radius 3 is 2.81 bits per heavy atom. The third-order valence-corrected chi connectivity index (χ3v) is 4.37. The predicted octanol–water partition coefficient (Wildman–Crippen LogP) is 3.06. The summed E-state index contributed by atoms with van der Waals surface area (Å²) in [7, 11) is 1.61. The fourth-order valence-electron chi connectivity index (χ4n) is 3.09. The van der Waals surface area contributed by atoms with E-state index in [0.717, 1.165) is 5.56 Å². The first-order chi connectivity index (χ1) is 12.7. The van der Waals surface area contributed by atoms with Gasteiger partial charge in [0.1, 0.15) is 18.2 Å². The van der Waals surface area contributed by atoms with Crippen LogP contribution in [0.15, 0.2) is 48.5 Å². The van der Waals surface area contributed by atoms with Crippen LogP contribution in [0.1, 0.15) is 22.0 Å². The van der Waals surface area contributed by atoms with Gasteiger partial charge in [-0.25, -0.2) is 4.39 Å². The lowest BCUT2D eigenvalue weighted by atomic mass is 10.0. The molecule has 0 spiro atoms. The monoisotopic (exact) mass is 394 g/mol. The Morgan fingerprint density at radius 1 is 1.22 bits per heavy atom. The van der Waals surface area contributed by atoms with Crippen LogP contribution in [0.2, 0.25) is 0 Å². The normalized spacial score (nSPS) is 16.5. The SMILES string of the molecule is COCCOc1cccc(C(=O)N2CCNCC2c2cccc(F)c2)c1.Cl. The van der Waals surface area contributed by atoms with E-state index in [9.17, 15) is 9.18 Å². The van der Waals surface area contributed by atoms with Gasteiger partial charge in [0.2, 0.25) is 0 Å². The third kappa shape index (κ3) is 5.42. The molecular formula is C20H24ClFN2O3. The van der Waals surface area contributed by atoms with Crippen LogP contribution in [0.3, 0.4) is 0 Å². The van der Waals surface area contributed by atoms with Crippen molar-refractivity contribution in [1.29, 1.82) is 0 Å². The molecule has 146 valence electrons. The number of hydrogen-bond donors (Lipinski definition) is 1. The first-order valence-electron chi connectivity index (χ1n) is 8.68. The fraction of sp³-hybridized carbons (Fsp3) is 0.350. The maximum absolute atomic E-state index is 13.6. The third-order valence-electron chi connectivity index (χ3n) is 4.37. The van der Waals surface area contributed by atoms with Gasteiger partial charge < -0.3 is 19.7 Å². The highest BCUT2D eigenvalue weighted by atomic mass is 35.5. The summed E-state index contributed by atoms with van der Waals surface area (Å²) in [6.07, 6.45) is 0. The maximum Gasteiger partial charge on any atom is 0.254 e. The topological polar surface area (TPSA) is 50.8 Å². The molecule has 2 aromatic rings. The largest absolute Gasteiger partial charge is 0.491 e. The van der Waals surface area contributed by atoms with Crippen molar-refractivity contribution in [3.05, 3.63) is 65.5 Å². The van der Waals surface area contributed by atoms with Crippen LogP contribution in [-0.4, -0.2) is 50.8 Å². The molecule has 0 aliphatic carbocycles. The molecule has 5 nitrogen and oxygen atoms in total. The molecular weight excluding hydrogens is 371 g/mol. The Hall–Kier alpha value is -2.15. The molecule has 1 amide bonds.